The number of amides is 1. The molecular weight excluding hydrogens is 523 g/mol. The van der Waals surface area contributed by atoms with Gasteiger partial charge in [-0.2, -0.15) is 0 Å². The van der Waals surface area contributed by atoms with Crippen molar-refractivity contribution in [2.75, 3.05) is 13.1 Å². The van der Waals surface area contributed by atoms with Crippen molar-refractivity contribution in [1.29, 1.82) is 0 Å². The Labute approximate surface area is 228 Å². The molecule has 0 spiro atoms. The van der Waals surface area contributed by atoms with Gasteiger partial charge in [-0.15, -0.1) is 12.4 Å². The average molecular weight is 557 g/mol. The molecule has 0 saturated carbocycles. The van der Waals surface area contributed by atoms with Crippen LogP contribution in [0.3, 0.4) is 0 Å². The van der Waals surface area contributed by atoms with Gasteiger partial charge in [0.1, 0.15) is 11.4 Å². The normalized spacial score (nSPS) is 12.0. The van der Waals surface area contributed by atoms with E-state index < -0.39 is 29.6 Å². The van der Waals surface area contributed by atoms with Gasteiger partial charge in [-0.05, 0) is 76.1 Å². The summed E-state index contributed by atoms with van der Waals surface area (Å²) in [6.45, 7) is 8.28. The third-order valence-electron chi connectivity index (χ3n) is 4.98. The number of rotatable bonds is 11. The molecule has 0 aliphatic heterocycles. The first-order valence-corrected chi connectivity index (χ1v) is 11.8. The van der Waals surface area contributed by atoms with Gasteiger partial charge >= 0.3 is 12.1 Å². The Hall–Kier alpha value is -3.01. The third-order valence-corrected chi connectivity index (χ3v) is 5.23. The molecular formula is C26H34Cl2N2O7. The van der Waals surface area contributed by atoms with Gasteiger partial charge in [0.25, 0.3) is 5.91 Å². The van der Waals surface area contributed by atoms with Crippen LogP contribution in [-0.2, 0) is 25.4 Å². The molecule has 204 valence electrons. The van der Waals surface area contributed by atoms with E-state index in [1.807, 2.05) is 12.1 Å². The molecule has 0 aromatic heterocycles. The van der Waals surface area contributed by atoms with Crippen LogP contribution in [0.2, 0.25) is 5.02 Å². The second kappa shape index (κ2) is 14.1. The Balaban J connectivity index is 0.00000684. The summed E-state index contributed by atoms with van der Waals surface area (Å²) in [4.78, 5) is 36.6. The lowest BCUT2D eigenvalue weighted by atomic mass is 10.1. The summed E-state index contributed by atoms with van der Waals surface area (Å²) in [5.74, 6) is -0.458. The van der Waals surface area contributed by atoms with Crippen molar-refractivity contribution in [3.63, 3.8) is 0 Å². The molecule has 0 fully saturated rings. The summed E-state index contributed by atoms with van der Waals surface area (Å²) < 4.78 is 21.0. The topological polar surface area (TPSA) is 126 Å². The summed E-state index contributed by atoms with van der Waals surface area (Å²) >= 11 is 5.84. The molecule has 0 aliphatic carbocycles. The van der Waals surface area contributed by atoms with Crippen molar-refractivity contribution >= 4 is 42.0 Å². The van der Waals surface area contributed by atoms with Crippen LogP contribution in [0.25, 0.3) is 0 Å². The predicted octanol–water partition coefficient (Wildman–Crippen LogP) is 4.67. The maximum atomic E-state index is 12.6. The number of benzene rings is 2. The highest BCUT2D eigenvalue weighted by Gasteiger charge is 2.34. The Kier molecular flexibility index (Phi) is 12.2. The van der Waals surface area contributed by atoms with Crippen LogP contribution < -0.4 is 15.8 Å². The van der Waals surface area contributed by atoms with E-state index in [0.717, 1.165) is 5.56 Å². The highest BCUT2D eigenvalue weighted by molar-refractivity contribution is 6.30. The second-order valence-corrected chi connectivity index (χ2v) is 9.61. The zero-order valence-corrected chi connectivity index (χ0v) is 23.1. The number of hydrogen-bond donors (Lipinski definition) is 2. The van der Waals surface area contributed by atoms with Crippen molar-refractivity contribution in [2.45, 2.75) is 58.5 Å². The number of carbonyl (C=O) groups excluding carboxylic acids is 3. The van der Waals surface area contributed by atoms with Crippen molar-refractivity contribution in [1.82, 2.24) is 5.32 Å². The van der Waals surface area contributed by atoms with Crippen LogP contribution in [0, 0.1) is 0 Å². The average Bonchev–Trinajstić information content (AvgIpc) is 2.79. The fourth-order valence-corrected chi connectivity index (χ4v) is 2.95. The highest BCUT2D eigenvalue weighted by Crippen LogP contribution is 2.21. The fraction of sp³-hybridized carbons (Fsp3) is 0.423. The number of nitrogens with one attached hydrogen (secondary N) is 1. The maximum absolute atomic E-state index is 12.6. The largest absolute Gasteiger partial charge is 0.511 e. The van der Waals surface area contributed by atoms with Gasteiger partial charge in [0, 0.05) is 30.6 Å². The number of halogens is 2. The van der Waals surface area contributed by atoms with Crippen LogP contribution in [0.1, 0.15) is 50.5 Å². The quantitative estimate of drug-likeness (QED) is 0.302. The van der Waals surface area contributed by atoms with Crippen molar-refractivity contribution in [3.05, 3.63) is 64.7 Å². The van der Waals surface area contributed by atoms with E-state index in [-0.39, 0.29) is 24.9 Å². The maximum Gasteiger partial charge on any atom is 0.511 e. The standard InChI is InChI=1S/C26H33ClN2O7.ClH/c1-17(34-24(32)36-25(2,3)16-28)33-23(31)26(4,5)35-21-12-6-18(7-13-21)14-15-29-22(30)19-8-10-20(27)11-9-19;/h6-13,17H,14-16,28H2,1-5H3,(H,29,30);1H. The molecule has 0 radical (unpaired) electrons. The first-order chi connectivity index (χ1) is 16.8. The molecule has 2 aromatic rings. The van der Waals surface area contributed by atoms with E-state index in [1.54, 1.807) is 50.2 Å². The van der Waals surface area contributed by atoms with E-state index in [4.69, 9.17) is 36.3 Å². The summed E-state index contributed by atoms with van der Waals surface area (Å²) in [5.41, 5.74) is 4.76. The summed E-state index contributed by atoms with van der Waals surface area (Å²) in [6.07, 6.45) is -1.58. The van der Waals surface area contributed by atoms with Gasteiger partial charge in [0.15, 0.2) is 5.60 Å². The van der Waals surface area contributed by atoms with Crippen LogP contribution in [-0.4, -0.2) is 48.6 Å². The molecule has 1 amide bonds. The van der Waals surface area contributed by atoms with Gasteiger partial charge in [0.2, 0.25) is 6.29 Å². The highest BCUT2D eigenvalue weighted by atomic mass is 35.5. The number of esters is 1. The van der Waals surface area contributed by atoms with Crippen LogP contribution >= 0.6 is 24.0 Å². The molecule has 11 heteroatoms. The van der Waals surface area contributed by atoms with E-state index >= 15 is 0 Å². The second-order valence-electron chi connectivity index (χ2n) is 9.18. The molecule has 37 heavy (non-hydrogen) atoms. The van der Waals surface area contributed by atoms with Gasteiger partial charge in [-0.25, -0.2) is 9.59 Å². The molecule has 1 unspecified atom stereocenters. The number of ether oxygens (including phenoxy) is 4. The predicted molar refractivity (Wildman–Crippen MR) is 142 cm³/mol. The first kappa shape index (κ1) is 32.0. The smallest absolute Gasteiger partial charge is 0.476 e. The molecule has 0 aliphatic rings. The molecule has 9 nitrogen and oxygen atoms in total. The van der Waals surface area contributed by atoms with E-state index in [9.17, 15) is 14.4 Å². The Morgan fingerprint density at radius 3 is 2.14 bits per heavy atom. The van der Waals surface area contributed by atoms with Gasteiger partial charge in [-0.1, -0.05) is 23.7 Å². The van der Waals surface area contributed by atoms with Gasteiger partial charge in [-0.3, -0.25) is 4.79 Å². The van der Waals surface area contributed by atoms with Crippen LogP contribution in [0.5, 0.6) is 5.75 Å². The monoisotopic (exact) mass is 556 g/mol. The first-order valence-electron chi connectivity index (χ1n) is 11.4. The molecule has 3 N–H and O–H groups in total. The Morgan fingerprint density at radius 1 is 0.973 bits per heavy atom. The SMILES string of the molecule is CC(OC(=O)OC(C)(C)CN)OC(=O)C(C)(C)Oc1ccc(CCNC(=O)c2ccc(Cl)cc2)cc1.Cl. The van der Waals surface area contributed by atoms with Crippen molar-refractivity contribution in [3.8, 4) is 5.75 Å². The van der Waals surface area contributed by atoms with E-state index in [2.05, 4.69) is 5.32 Å². The molecule has 0 bridgehead atoms. The molecule has 2 rings (SSSR count). The molecule has 0 saturated heterocycles. The van der Waals surface area contributed by atoms with E-state index in [0.29, 0.717) is 29.3 Å². The van der Waals surface area contributed by atoms with E-state index in [1.165, 1.54) is 20.8 Å². The van der Waals surface area contributed by atoms with Crippen LogP contribution in [0.4, 0.5) is 4.79 Å². The summed E-state index contributed by atoms with van der Waals surface area (Å²) in [6, 6.07) is 13.8. The lowest BCUT2D eigenvalue weighted by Crippen LogP contribution is -2.42. The zero-order valence-electron chi connectivity index (χ0n) is 21.5. The Bertz CT molecular complexity index is 1040. The van der Waals surface area contributed by atoms with Crippen LogP contribution in [0.15, 0.2) is 48.5 Å². The number of hydrogen-bond acceptors (Lipinski definition) is 8. The lowest BCUT2D eigenvalue weighted by Gasteiger charge is -2.27. The summed E-state index contributed by atoms with van der Waals surface area (Å²) in [7, 11) is 0. The van der Waals surface area contributed by atoms with Crippen molar-refractivity contribution in [2.24, 2.45) is 5.73 Å². The molecule has 2 aromatic carbocycles. The zero-order chi connectivity index (χ0) is 26.9. The minimum absolute atomic E-state index is 0. The summed E-state index contributed by atoms with van der Waals surface area (Å²) in [5, 5.41) is 3.43. The molecule has 1 atom stereocenters. The molecule has 0 heterocycles. The number of carbonyl (C=O) groups is 3. The third kappa shape index (κ3) is 10.9. The number of nitrogens with two attached hydrogens (primary N) is 1. The van der Waals surface area contributed by atoms with Gasteiger partial charge in [0.05, 0.1) is 0 Å². The Morgan fingerprint density at radius 2 is 1.57 bits per heavy atom. The lowest BCUT2D eigenvalue weighted by molar-refractivity contribution is -0.184. The minimum atomic E-state index is -1.36. The fourth-order valence-electron chi connectivity index (χ4n) is 2.83. The van der Waals surface area contributed by atoms with Gasteiger partial charge < -0.3 is 30.0 Å². The van der Waals surface area contributed by atoms with Crippen molar-refractivity contribution < 1.29 is 33.3 Å². The minimum Gasteiger partial charge on any atom is -0.476 e.